The van der Waals surface area contributed by atoms with Gasteiger partial charge in [0.15, 0.2) is 6.10 Å². The molecule has 0 aromatic heterocycles. The van der Waals surface area contributed by atoms with Gasteiger partial charge in [-0.15, -0.1) is 0 Å². The SMILES string of the molecule is CC(Oc1ccc(Cl)cc1Br)C(=O)NC(C)c1ccccc1NS(C)(=O)=O. The highest BCUT2D eigenvalue weighted by Gasteiger charge is 2.20. The number of sulfonamides is 1. The number of hydrogen-bond acceptors (Lipinski definition) is 4. The standard InChI is InChI=1S/C18H20BrClN2O4S/c1-11(14-6-4-5-7-16(14)22-27(3,24)25)21-18(23)12(2)26-17-9-8-13(20)10-15(17)19/h4-12,22H,1-3H3,(H,21,23). The molecule has 2 aromatic rings. The highest BCUT2D eigenvalue weighted by atomic mass is 79.9. The molecule has 2 N–H and O–H groups in total. The Kier molecular flexibility index (Phi) is 7.13. The molecule has 0 fully saturated rings. The summed E-state index contributed by atoms with van der Waals surface area (Å²) in [6.07, 6.45) is 0.312. The van der Waals surface area contributed by atoms with Gasteiger partial charge in [-0.2, -0.15) is 0 Å². The number of hydrogen-bond donors (Lipinski definition) is 2. The molecule has 27 heavy (non-hydrogen) atoms. The Morgan fingerprint density at radius 2 is 1.85 bits per heavy atom. The van der Waals surface area contributed by atoms with Crippen LogP contribution in [-0.2, 0) is 14.8 Å². The van der Waals surface area contributed by atoms with Gasteiger partial charge in [0.25, 0.3) is 5.91 Å². The molecule has 2 atom stereocenters. The molecule has 0 aliphatic heterocycles. The first-order valence-electron chi connectivity index (χ1n) is 8.05. The van der Waals surface area contributed by atoms with Crippen molar-refractivity contribution in [3.8, 4) is 5.75 Å². The van der Waals surface area contributed by atoms with Gasteiger partial charge in [0, 0.05) is 5.02 Å². The molecule has 0 aliphatic rings. The van der Waals surface area contributed by atoms with Crippen LogP contribution in [0.2, 0.25) is 5.02 Å². The van der Waals surface area contributed by atoms with E-state index in [1.807, 2.05) is 0 Å². The maximum Gasteiger partial charge on any atom is 0.261 e. The van der Waals surface area contributed by atoms with Crippen molar-refractivity contribution in [2.75, 3.05) is 11.0 Å². The lowest BCUT2D eigenvalue weighted by molar-refractivity contribution is -0.127. The number of ether oxygens (including phenoxy) is 1. The maximum absolute atomic E-state index is 12.5. The van der Waals surface area contributed by atoms with E-state index >= 15 is 0 Å². The Morgan fingerprint density at radius 3 is 2.48 bits per heavy atom. The van der Waals surface area contributed by atoms with Gasteiger partial charge in [0.2, 0.25) is 10.0 Å². The zero-order valence-corrected chi connectivity index (χ0v) is 18.2. The number of carbonyl (C=O) groups is 1. The third kappa shape index (κ3) is 6.41. The molecule has 2 aromatic carbocycles. The minimum absolute atomic E-state index is 0.335. The van der Waals surface area contributed by atoms with E-state index in [0.717, 1.165) is 6.26 Å². The summed E-state index contributed by atoms with van der Waals surface area (Å²) in [4.78, 5) is 12.5. The smallest absolute Gasteiger partial charge is 0.261 e. The largest absolute Gasteiger partial charge is 0.480 e. The Morgan fingerprint density at radius 1 is 1.19 bits per heavy atom. The molecule has 0 heterocycles. The second-order valence-electron chi connectivity index (χ2n) is 6.03. The molecular formula is C18H20BrClN2O4S. The summed E-state index contributed by atoms with van der Waals surface area (Å²) in [6.45, 7) is 3.40. The molecule has 6 nitrogen and oxygen atoms in total. The number of halogens is 2. The highest BCUT2D eigenvalue weighted by molar-refractivity contribution is 9.10. The molecule has 0 aliphatic carbocycles. The van der Waals surface area contributed by atoms with Gasteiger partial charge in [0.1, 0.15) is 5.75 Å². The fourth-order valence-electron chi connectivity index (χ4n) is 2.39. The highest BCUT2D eigenvalue weighted by Crippen LogP contribution is 2.29. The van der Waals surface area contributed by atoms with Crippen LogP contribution in [0.15, 0.2) is 46.9 Å². The summed E-state index contributed by atoms with van der Waals surface area (Å²) in [5.74, 6) is 0.160. The molecule has 2 unspecified atom stereocenters. The van der Waals surface area contributed by atoms with E-state index in [0.29, 0.717) is 26.5 Å². The van der Waals surface area contributed by atoms with Crippen molar-refractivity contribution in [3.05, 3.63) is 57.5 Å². The zero-order chi connectivity index (χ0) is 20.2. The molecule has 1 amide bonds. The van der Waals surface area contributed by atoms with Gasteiger partial charge in [-0.1, -0.05) is 29.8 Å². The lowest BCUT2D eigenvalue weighted by Crippen LogP contribution is -2.38. The lowest BCUT2D eigenvalue weighted by atomic mass is 10.1. The molecule has 0 radical (unpaired) electrons. The van der Waals surface area contributed by atoms with Crippen molar-refractivity contribution in [2.45, 2.75) is 26.0 Å². The molecule has 0 saturated carbocycles. The maximum atomic E-state index is 12.5. The van der Waals surface area contributed by atoms with E-state index in [9.17, 15) is 13.2 Å². The molecule has 0 saturated heterocycles. The Balaban J connectivity index is 2.09. The minimum Gasteiger partial charge on any atom is -0.480 e. The van der Waals surface area contributed by atoms with Crippen molar-refractivity contribution in [1.82, 2.24) is 5.32 Å². The lowest BCUT2D eigenvalue weighted by Gasteiger charge is -2.21. The van der Waals surface area contributed by atoms with Crippen LogP contribution >= 0.6 is 27.5 Å². The number of nitrogens with one attached hydrogen (secondary N) is 2. The first-order valence-corrected chi connectivity index (χ1v) is 11.1. The van der Waals surface area contributed by atoms with Crippen LogP contribution in [-0.4, -0.2) is 26.7 Å². The first-order chi connectivity index (χ1) is 12.6. The van der Waals surface area contributed by atoms with Crippen LogP contribution < -0.4 is 14.8 Å². The van der Waals surface area contributed by atoms with E-state index in [1.165, 1.54) is 0 Å². The summed E-state index contributed by atoms with van der Waals surface area (Å²) in [7, 11) is -3.43. The van der Waals surface area contributed by atoms with Gasteiger partial charge in [-0.25, -0.2) is 8.42 Å². The van der Waals surface area contributed by atoms with Crippen LogP contribution in [0.5, 0.6) is 5.75 Å². The average Bonchev–Trinajstić information content (AvgIpc) is 2.56. The second-order valence-corrected chi connectivity index (χ2v) is 9.07. The van der Waals surface area contributed by atoms with E-state index in [2.05, 4.69) is 26.0 Å². The number of amides is 1. The topological polar surface area (TPSA) is 84.5 Å². The Hall–Kier alpha value is -1.77. The first kappa shape index (κ1) is 21.5. The van der Waals surface area contributed by atoms with Gasteiger partial charge in [-0.3, -0.25) is 9.52 Å². The van der Waals surface area contributed by atoms with Gasteiger partial charge < -0.3 is 10.1 Å². The zero-order valence-electron chi connectivity index (χ0n) is 15.0. The molecular weight excluding hydrogens is 456 g/mol. The van der Waals surface area contributed by atoms with E-state index < -0.39 is 22.2 Å². The van der Waals surface area contributed by atoms with Crippen molar-refractivity contribution < 1.29 is 17.9 Å². The molecule has 0 spiro atoms. The fraction of sp³-hybridized carbons (Fsp3) is 0.278. The number of rotatable bonds is 7. The Labute approximate surface area is 172 Å². The predicted octanol–water partition coefficient (Wildman–Crippen LogP) is 4.12. The summed E-state index contributed by atoms with van der Waals surface area (Å²) in [5, 5.41) is 3.38. The van der Waals surface area contributed by atoms with Gasteiger partial charge in [-0.05, 0) is 59.6 Å². The monoisotopic (exact) mass is 474 g/mol. The normalized spacial score (nSPS) is 13.5. The van der Waals surface area contributed by atoms with Gasteiger partial charge >= 0.3 is 0 Å². The second kappa shape index (κ2) is 8.95. The van der Waals surface area contributed by atoms with Crippen molar-refractivity contribution in [1.29, 1.82) is 0 Å². The van der Waals surface area contributed by atoms with Crippen LogP contribution in [0.4, 0.5) is 5.69 Å². The van der Waals surface area contributed by atoms with Crippen LogP contribution in [0.1, 0.15) is 25.5 Å². The summed E-state index contributed by atoms with van der Waals surface area (Å²) in [6, 6.07) is 11.5. The number of carbonyl (C=O) groups excluding carboxylic acids is 1. The van der Waals surface area contributed by atoms with E-state index in [1.54, 1.807) is 56.3 Å². The van der Waals surface area contributed by atoms with Crippen molar-refractivity contribution in [3.63, 3.8) is 0 Å². The minimum atomic E-state index is -3.43. The van der Waals surface area contributed by atoms with Crippen molar-refractivity contribution >= 4 is 49.1 Å². The Bertz CT molecular complexity index is 937. The molecule has 0 bridgehead atoms. The third-order valence-electron chi connectivity index (χ3n) is 3.65. The number of para-hydroxylation sites is 1. The van der Waals surface area contributed by atoms with Crippen molar-refractivity contribution in [2.24, 2.45) is 0 Å². The average molecular weight is 476 g/mol. The summed E-state index contributed by atoms with van der Waals surface area (Å²) >= 11 is 9.24. The molecule has 9 heteroatoms. The number of benzene rings is 2. The molecule has 2 rings (SSSR count). The molecule has 146 valence electrons. The summed E-state index contributed by atoms with van der Waals surface area (Å²) in [5.41, 5.74) is 1.07. The van der Waals surface area contributed by atoms with Gasteiger partial charge in [0.05, 0.1) is 22.5 Å². The van der Waals surface area contributed by atoms with Crippen LogP contribution in [0.3, 0.4) is 0 Å². The van der Waals surface area contributed by atoms with Crippen LogP contribution in [0.25, 0.3) is 0 Å². The van der Waals surface area contributed by atoms with Crippen LogP contribution in [0, 0.1) is 0 Å². The van der Waals surface area contributed by atoms with E-state index in [-0.39, 0.29) is 5.91 Å². The number of anilines is 1. The predicted molar refractivity (Wildman–Crippen MR) is 111 cm³/mol. The quantitative estimate of drug-likeness (QED) is 0.631. The fourth-order valence-corrected chi connectivity index (χ4v) is 3.75. The third-order valence-corrected chi connectivity index (χ3v) is 5.09. The summed E-state index contributed by atoms with van der Waals surface area (Å²) < 4.78 is 31.8. The van der Waals surface area contributed by atoms with E-state index in [4.69, 9.17) is 16.3 Å².